The van der Waals surface area contributed by atoms with Gasteiger partial charge in [-0.15, -0.1) is 0 Å². The lowest BCUT2D eigenvalue weighted by atomic mass is 10.2. The predicted octanol–water partition coefficient (Wildman–Crippen LogP) is 1.64. The first-order chi connectivity index (χ1) is 9.61. The van der Waals surface area contributed by atoms with E-state index in [4.69, 9.17) is 14.7 Å². The maximum absolute atomic E-state index is 12.0. The Hall–Kier alpha value is -2.83. The molecule has 0 unspecified atom stereocenters. The SMILES string of the molecule is Cc1nc(CNC(=O)c2cc3cc(N)ccc3o2)no1. The van der Waals surface area contributed by atoms with E-state index in [0.29, 0.717) is 23.0 Å². The number of nitrogens with two attached hydrogens (primary N) is 1. The summed E-state index contributed by atoms with van der Waals surface area (Å²) in [5.74, 6) is 0.734. The molecule has 0 fully saturated rings. The molecule has 0 bridgehead atoms. The molecule has 1 amide bonds. The fourth-order valence-electron chi connectivity index (χ4n) is 1.83. The Balaban J connectivity index is 1.75. The summed E-state index contributed by atoms with van der Waals surface area (Å²) in [6, 6.07) is 6.83. The molecule has 0 spiro atoms. The Morgan fingerprint density at radius 2 is 2.25 bits per heavy atom. The minimum atomic E-state index is -0.345. The summed E-state index contributed by atoms with van der Waals surface area (Å²) in [4.78, 5) is 15.9. The summed E-state index contributed by atoms with van der Waals surface area (Å²) in [5, 5.41) is 7.13. The molecule has 7 heteroatoms. The number of benzene rings is 1. The lowest BCUT2D eigenvalue weighted by Gasteiger charge is -1.97. The largest absolute Gasteiger partial charge is 0.451 e. The van der Waals surface area contributed by atoms with E-state index in [1.807, 2.05) is 0 Å². The first-order valence-corrected chi connectivity index (χ1v) is 5.98. The summed E-state index contributed by atoms with van der Waals surface area (Å²) < 4.78 is 10.3. The lowest BCUT2D eigenvalue weighted by molar-refractivity contribution is 0.0924. The highest BCUT2D eigenvalue weighted by Crippen LogP contribution is 2.21. The molecule has 0 saturated heterocycles. The summed E-state index contributed by atoms with van der Waals surface area (Å²) in [7, 11) is 0. The molecule has 0 radical (unpaired) electrons. The number of nitrogen functional groups attached to an aromatic ring is 1. The number of anilines is 1. The third kappa shape index (κ3) is 2.33. The number of hydrogen-bond donors (Lipinski definition) is 2. The zero-order valence-corrected chi connectivity index (χ0v) is 10.7. The van der Waals surface area contributed by atoms with Crippen LogP contribution in [0.5, 0.6) is 0 Å². The van der Waals surface area contributed by atoms with Crippen molar-refractivity contribution in [3.05, 3.63) is 41.7 Å². The Kier molecular flexibility index (Phi) is 2.86. The van der Waals surface area contributed by atoms with Crippen LogP contribution in [0, 0.1) is 6.92 Å². The molecule has 0 aliphatic rings. The van der Waals surface area contributed by atoms with E-state index in [9.17, 15) is 4.79 Å². The highest BCUT2D eigenvalue weighted by Gasteiger charge is 2.13. The average Bonchev–Trinajstić information content (AvgIpc) is 3.01. The van der Waals surface area contributed by atoms with Gasteiger partial charge in [0.1, 0.15) is 5.58 Å². The summed E-state index contributed by atoms with van der Waals surface area (Å²) in [6.45, 7) is 1.86. The molecular weight excluding hydrogens is 260 g/mol. The van der Waals surface area contributed by atoms with Crippen molar-refractivity contribution in [2.45, 2.75) is 13.5 Å². The minimum Gasteiger partial charge on any atom is -0.451 e. The van der Waals surface area contributed by atoms with Crippen molar-refractivity contribution < 1.29 is 13.7 Å². The van der Waals surface area contributed by atoms with Gasteiger partial charge in [0.2, 0.25) is 5.89 Å². The van der Waals surface area contributed by atoms with Crippen molar-refractivity contribution in [3.8, 4) is 0 Å². The maximum atomic E-state index is 12.0. The van der Waals surface area contributed by atoms with E-state index in [0.717, 1.165) is 5.39 Å². The van der Waals surface area contributed by atoms with Crippen LogP contribution >= 0.6 is 0 Å². The van der Waals surface area contributed by atoms with Crippen LogP contribution in [-0.2, 0) is 6.54 Å². The number of nitrogens with one attached hydrogen (secondary N) is 1. The van der Waals surface area contributed by atoms with Crippen LogP contribution < -0.4 is 11.1 Å². The number of nitrogens with zero attached hydrogens (tertiary/aromatic N) is 2. The van der Waals surface area contributed by atoms with E-state index in [-0.39, 0.29) is 18.2 Å². The molecule has 0 aliphatic heterocycles. The second-order valence-electron chi connectivity index (χ2n) is 4.32. The molecule has 2 aromatic heterocycles. The van der Waals surface area contributed by atoms with Gasteiger partial charge in [-0.3, -0.25) is 4.79 Å². The molecule has 1 aromatic carbocycles. The van der Waals surface area contributed by atoms with E-state index < -0.39 is 0 Å². The van der Waals surface area contributed by atoms with E-state index in [1.54, 1.807) is 31.2 Å². The van der Waals surface area contributed by atoms with Gasteiger partial charge in [-0.1, -0.05) is 5.16 Å². The van der Waals surface area contributed by atoms with Gasteiger partial charge in [-0.05, 0) is 24.3 Å². The van der Waals surface area contributed by atoms with Crippen molar-refractivity contribution >= 4 is 22.6 Å². The number of amides is 1. The van der Waals surface area contributed by atoms with Crippen LogP contribution in [0.3, 0.4) is 0 Å². The van der Waals surface area contributed by atoms with Crippen molar-refractivity contribution in [1.29, 1.82) is 0 Å². The third-order valence-corrected chi connectivity index (χ3v) is 2.74. The average molecular weight is 272 g/mol. The summed E-state index contributed by atoms with van der Waals surface area (Å²) in [5.41, 5.74) is 6.91. The van der Waals surface area contributed by atoms with Gasteiger partial charge in [0.25, 0.3) is 5.91 Å². The van der Waals surface area contributed by atoms with Crippen molar-refractivity contribution in [2.24, 2.45) is 0 Å². The zero-order valence-electron chi connectivity index (χ0n) is 10.7. The molecule has 20 heavy (non-hydrogen) atoms. The second kappa shape index (κ2) is 4.69. The van der Waals surface area contributed by atoms with Gasteiger partial charge < -0.3 is 20.0 Å². The number of hydrogen-bond acceptors (Lipinski definition) is 6. The number of aryl methyl sites for hydroxylation is 1. The van der Waals surface area contributed by atoms with Gasteiger partial charge in [-0.2, -0.15) is 4.98 Å². The van der Waals surface area contributed by atoms with Crippen LogP contribution in [-0.4, -0.2) is 16.0 Å². The number of furan rings is 1. The molecule has 0 aliphatic carbocycles. The van der Waals surface area contributed by atoms with E-state index in [1.165, 1.54) is 0 Å². The van der Waals surface area contributed by atoms with Crippen LogP contribution in [0.1, 0.15) is 22.3 Å². The molecule has 3 aromatic rings. The molecule has 3 rings (SSSR count). The third-order valence-electron chi connectivity index (χ3n) is 2.74. The van der Waals surface area contributed by atoms with Gasteiger partial charge in [-0.25, -0.2) is 0 Å². The van der Waals surface area contributed by atoms with Crippen LogP contribution in [0.2, 0.25) is 0 Å². The normalized spacial score (nSPS) is 10.8. The van der Waals surface area contributed by atoms with Crippen LogP contribution in [0.4, 0.5) is 5.69 Å². The van der Waals surface area contributed by atoms with Gasteiger partial charge in [0.15, 0.2) is 11.6 Å². The standard InChI is InChI=1S/C13H12N4O3/c1-7-16-12(17-20-7)6-15-13(18)11-5-8-4-9(14)2-3-10(8)19-11/h2-5H,6,14H2,1H3,(H,15,18). The molecule has 7 nitrogen and oxygen atoms in total. The second-order valence-corrected chi connectivity index (χ2v) is 4.32. The molecule has 102 valence electrons. The smallest absolute Gasteiger partial charge is 0.287 e. The Morgan fingerprint density at radius 3 is 3.00 bits per heavy atom. The minimum absolute atomic E-state index is 0.176. The Bertz CT molecular complexity index is 775. The van der Waals surface area contributed by atoms with Crippen molar-refractivity contribution in [3.63, 3.8) is 0 Å². The number of carbonyl (C=O) groups excluding carboxylic acids is 1. The number of rotatable bonds is 3. The number of aromatic nitrogens is 2. The number of carbonyl (C=O) groups is 1. The number of fused-ring (bicyclic) bond motifs is 1. The zero-order chi connectivity index (χ0) is 14.1. The topological polar surface area (TPSA) is 107 Å². The Morgan fingerprint density at radius 1 is 1.40 bits per heavy atom. The Labute approximate surface area is 113 Å². The maximum Gasteiger partial charge on any atom is 0.287 e. The fraction of sp³-hybridized carbons (Fsp3) is 0.154. The molecule has 0 atom stereocenters. The lowest BCUT2D eigenvalue weighted by Crippen LogP contribution is -2.22. The van der Waals surface area contributed by atoms with Gasteiger partial charge >= 0.3 is 0 Å². The first-order valence-electron chi connectivity index (χ1n) is 5.98. The van der Waals surface area contributed by atoms with Crippen LogP contribution in [0.25, 0.3) is 11.0 Å². The van der Waals surface area contributed by atoms with Gasteiger partial charge in [0, 0.05) is 18.0 Å². The molecule has 0 saturated carbocycles. The first kappa shape index (κ1) is 12.2. The van der Waals surface area contributed by atoms with E-state index >= 15 is 0 Å². The van der Waals surface area contributed by atoms with E-state index in [2.05, 4.69) is 15.5 Å². The van der Waals surface area contributed by atoms with Crippen LogP contribution in [0.15, 0.2) is 33.2 Å². The summed E-state index contributed by atoms with van der Waals surface area (Å²) >= 11 is 0. The quantitative estimate of drug-likeness (QED) is 0.702. The molecule has 3 N–H and O–H groups in total. The highest BCUT2D eigenvalue weighted by molar-refractivity contribution is 5.96. The highest BCUT2D eigenvalue weighted by atomic mass is 16.5. The predicted molar refractivity (Wildman–Crippen MR) is 70.8 cm³/mol. The molecular formula is C13H12N4O3. The fourth-order valence-corrected chi connectivity index (χ4v) is 1.83. The van der Waals surface area contributed by atoms with Gasteiger partial charge in [0.05, 0.1) is 6.54 Å². The van der Waals surface area contributed by atoms with Crippen molar-refractivity contribution in [1.82, 2.24) is 15.5 Å². The summed E-state index contributed by atoms with van der Waals surface area (Å²) in [6.07, 6.45) is 0. The monoisotopic (exact) mass is 272 g/mol. The van der Waals surface area contributed by atoms with Crippen molar-refractivity contribution in [2.75, 3.05) is 5.73 Å². The molecule has 2 heterocycles.